The molecule has 2 aromatic carbocycles. The number of aromatic nitrogens is 2. The summed E-state index contributed by atoms with van der Waals surface area (Å²) in [5, 5.41) is 10.4. The first kappa shape index (κ1) is 19.6. The molecule has 0 N–H and O–H groups in total. The lowest BCUT2D eigenvalue weighted by Crippen LogP contribution is -2.04. The van der Waals surface area contributed by atoms with E-state index >= 15 is 0 Å². The highest BCUT2D eigenvalue weighted by molar-refractivity contribution is 8.00. The van der Waals surface area contributed by atoms with Gasteiger partial charge in [0.05, 0.1) is 17.0 Å². The molecule has 4 rings (SSSR count). The van der Waals surface area contributed by atoms with Gasteiger partial charge in [0.2, 0.25) is 0 Å². The van der Waals surface area contributed by atoms with E-state index in [0.717, 1.165) is 22.4 Å². The Morgan fingerprint density at radius 1 is 0.933 bits per heavy atom. The van der Waals surface area contributed by atoms with Gasteiger partial charge in [-0.2, -0.15) is 5.26 Å². The number of hydrogen-bond donors (Lipinski definition) is 0. The van der Waals surface area contributed by atoms with Crippen molar-refractivity contribution in [2.45, 2.75) is 5.03 Å². The van der Waals surface area contributed by atoms with Gasteiger partial charge in [-0.25, -0.2) is 4.98 Å². The Labute approximate surface area is 179 Å². The topological polar surface area (TPSA) is 66.6 Å². The van der Waals surface area contributed by atoms with Gasteiger partial charge in [0.15, 0.2) is 5.78 Å². The number of pyridine rings is 2. The van der Waals surface area contributed by atoms with Crippen LogP contribution in [0.3, 0.4) is 0 Å². The minimum atomic E-state index is -0.000619. The standard InChI is InChI=1S/C25H17N3OS/c26-15-22-21(20-12-7-13-27-16-20)14-23(18-8-3-1-4-9-18)28-25(22)30-17-24(29)19-10-5-2-6-11-19/h1-14,16H,17H2. The third kappa shape index (κ3) is 4.29. The van der Waals surface area contributed by atoms with Gasteiger partial charge in [-0.3, -0.25) is 9.78 Å². The SMILES string of the molecule is N#Cc1c(-c2cccnc2)cc(-c2ccccc2)nc1SCC(=O)c1ccccc1. The molecule has 0 spiro atoms. The van der Waals surface area contributed by atoms with Gasteiger partial charge in [-0.1, -0.05) is 78.5 Å². The highest BCUT2D eigenvalue weighted by atomic mass is 32.2. The van der Waals surface area contributed by atoms with Crippen LogP contribution in [-0.4, -0.2) is 21.5 Å². The third-order valence-electron chi connectivity index (χ3n) is 4.58. The Kier molecular flexibility index (Phi) is 5.98. The van der Waals surface area contributed by atoms with Crippen molar-refractivity contribution in [1.82, 2.24) is 9.97 Å². The molecular formula is C25H17N3OS. The Morgan fingerprint density at radius 3 is 2.30 bits per heavy atom. The monoisotopic (exact) mass is 407 g/mol. The van der Waals surface area contributed by atoms with Crippen LogP contribution in [0.25, 0.3) is 22.4 Å². The van der Waals surface area contributed by atoms with Crippen molar-refractivity contribution < 1.29 is 4.79 Å². The molecule has 4 nitrogen and oxygen atoms in total. The summed E-state index contributed by atoms with van der Waals surface area (Å²) >= 11 is 1.29. The number of nitriles is 1. The largest absolute Gasteiger partial charge is 0.293 e. The van der Waals surface area contributed by atoms with E-state index in [1.807, 2.05) is 66.7 Å². The summed E-state index contributed by atoms with van der Waals surface area (Å²) in [7, 11) is 0. The molecule has 0 atom stereocenters. The van der Waals surface area contributed by atoms with Crippen molar-refractivity contribution in [2.24, 2.45) is 0 Å². The summed E-state index contributed by atoms with van der Waals surface area (Å²) in [5.74, 6) is 0.204. The van der Waals surface area contributed by atoms with Gasteiger partial charge in [0.25, 0.3) is 0 Å². The summed E-state index contributed by atoms with van der Waals surface area (Å²) < 4.78 is 0. The number of benzene rings is 2. The third-order valence-corrected chi connectivity index (χ3v) is 5.55. The summed E-state index contributed by atoms with van der Waals surface area (Å²) in [6.45, 7) is 0. The molecule has 0 saturated heterocycles. The lowest BCUT2D eigenvalue weighted by molar-refractivity contribution is 0.102. The molecule has 2 aromatic heterocycles. The summed E-state index contributed by atoms with van der Waals surface area (Å²) in [5.41, 5.74) is 4.40. The van der Waals surface area contributed by atoms with E-state index in [-0.39, 0.29) is 11.5 Å². The molecule has 0 aliphatic carbocycles. The predicted molar refractivity (Wildman–Crippen MR) is 119 cm³/mol. The van der Waals surface area contributed by atoms with E-state index in [1.165, 1.54) is 11.8 Å². The normalized spacial score (nSPS) is 10.4. The molecule has 5 heteroatoms. The van der Waals surface area contributed by atoms with E-state index < -0.39 is 0 Å². The maximum atomic E-state index is 12.6. The van der Waals surface area contributed by atoms with Crippen LogP contribution in [0.2, 0.25) is 0 Å². The lowest BCUT2D eigenvalue weighted by atomic mass is 10.0. The van der Waals surface area contributed by atoms with Crippen molar-refractivity contribution >= 4 is 17.5 Å². The van der Waals surface area contributed by atoms with Crippen LogP contribution in [-0.2, 0) is 0 Å². The van der Waals surface area contributed by atoms with Gasteiger partial charge < -0.3 is 0 Å². The molecule has 0 unspecified atom stereocenters. The van der Waals surface area contributed by atoms with Crippen LogP contribution in [0.5, 0.6) is 0 Å². The van der Waals surface area contributed by atoms with Gasteiger partial charge in [0, 0.05) is 34.6 Å². The molecule has 0 saturated carbocycles. The molecule has 4 aromatic rings. The zero-order valence-corrected chi connectivity index (χ0v) is 16.8. The van der Waals surface area contributed by atoms with Gasteiger partial charge in [-0.05, 0) is 12.1 Å². The molecule has 144 valence electrons. The Hall–Kier alpha value is -3.75. The lowest BCUT2D eigenvalue weighted by Gasteiger charge is -2.12. The smallest absolute Gasteiger partial charge is 0.173 e. The molecule has 0 bridgehead atoms. The minimum absolute atomic E-state index is 0.000619. The molecule has 0 radical (unpaired) electrons. The summed E-state index contributed by atoms with van der Waals surface area (Å²) in [4.78, 5) is 21.5. The van der Waals surface area contributed by atoms with Gasteiger partial charge >= 0.3 is 0 Å². The van der Waals surface area contributed by atoms with E-state index in [2.05, 4.69) is 11.1 Å². The fourth-order valence-electron chi connectivity index (χ4n) is 3.08. The van der Waals surface area contributed by atoms with Crippen LogP contribution in [0, 0.1) is 11.3 Å². The summed E-state index contributed by atoms with van der Waals surface area (Å²) in [6, 6.07) is 26.9. The first-order valence-electron chi connectivity index (χ1n) is 9.38. The molecule has 2 heterocycles. The van der Waals surface area contributed by atoms with Crippen molar-refractivity contribution in [3.63, 3.8) is 0 Å². The fraction of sp³-hybridized carbons (Fsp3) is 0.0400. The fourth-order valence-corrected chi connectivity index (χ4v) is 3.98. The zero-order valence-electron chi connectivity index (χ0n) is 16.0. The average Bonchev–Trinajstić information content (AvgIpc) is 2.83. The Balaban J connectivity index is 1.76. The number of thioether (sulfide) groups is 1. The minimum Gasteiger partial charge on any atom is -0.293 e. The Morgan fingerprint density at radius 2 is 1.63 bits per heavy atom. The van der Waals surface area contributed by atoms with Gasteiger partial charge in [-0.15, -0.1) is 0 Å². The van der Waals surface area contributed by atoms with Crippen molar-refractivity contribution in [2.75, 3.05) is 5.75 Å². The number of ketones is 1. The zero-order chi connectivity index (χ0) is 20.8. The van der Waals surface area contributed by atoms with Crippen LogP contribution in [0.1, 0.15) is 15.9 Å². The van der Waals surface area contributed by atoms with E-state index in [4.69, 9.17) is 4.98 Å². The average molecular weight is 407 g/mol. The Bertz CT molecular complexity index is 1200. The second-order valence-corrected chi connectivity index (χ2v) is 7.50. The molecule has 0 amide bonds. The maximum absolute atomic E-state index is 12.6. The highest BCUT2D eigenvalue weighted by Crippen LogP contribution is 2.34. The first-order valence-corrected chi connectivity index (χ1v) is 10.4. The second-order valence-electron chi connectivity index (χ2n) is 6.53. The summed E-state index contributed by atoms with van der Waals surface area (Å²) in [6.07, 6.45) is 3.43. The molecule has 0 aliphatic rings. The number of hydrogen-bond acceptors (Lipinski definition) is 5. The molecule has 0 aliphatic heterocycles. The van der Waals surface area contributed by atoms with E-state index in [0.29, 0.717) is 16.2 Å². The molecular weight excluding hydrogens is 390 g/mol. The van der Waals surface area contributed by atoms with Gasteiger partial charge in [0.1, 0.15) is 11.1 Å². The van der Waals surface area contributed by atoms with Crippen LogP contribution >= 0.6 is 11.8 Å². The van der Waals surface area contributed by atoms with Crippen molar-refractivity contribution in [1.29, 1.82) is 5.26 Å². The van der Waals surface area contributed by atoms with Crippen LogP contribution in [0.4, 0.5) is 0 Å². The molecule has 30 heavy (non-hydrogen) atoms. The number of carbonyl (C=O) groups excluding carboxylic acids is 1. The number of Topliss-reactive ketones (excluding diaryl/α,β-unsaturated/α-hetero) is 1. The van der Waals surface area contributed by atoms with Crippen molar-refractivity contribution in [3.05, 3.63) is 102 Å². The van der Waals surface area contributed by atoms with Crippen LogP contribution in [0.15, 0.2) is 96.3 Å². The number of carbonyl (C=O) groups is 1. The highest BCUT2D eigenvalue weighted by Gasteiger charge is 2.17. The van der Waals surface area contributed by atoms with E-state index in [9.17, 15) is 10.1 Å². The first-order chi connectivity index (χ1) is 14.8. The van der Waals surface area contributed by atoms with Crippen LogP contribution < -0.4 is 0 Å². The van der Waals surface area contributed by atoms with Crippen molar-refractivity contribution in [3.8, 4) is 28.5 Å². The second kappa shape index (κ2) is 9.17. The predicted octanol–water partition coefficient (Wildman–Crippen LogP) is 5.66. The maximum Gasteiger partial charge on any atom is 0.173 e. The molecule has 0 fully saturated rings. The quantitative estimate of drug-likeness (QED) is 0.305. The number of nitrogens with zero attached hydrogens (tertiary/aromatic N) is 3. The number of rotatable bonds is 6. The van der Waals surface area contributed by atoms with E-state index in [1.54, 1.807) is 24.5 Å².